The van der Waals surface area contributed by atoms with Gasteiger partial charge in [-0.15, -0.1) is 11.8 Å². The summed E-state index contributed by atoms with van der Waals surface area (Å²) in [6.07, 6.45) is 6.15. The molecule has 74 valence electrons. The fraction of sp³-hybridized carbons (Fsp3) is 0.333. The molecule has 0 atom stereocenters. The Morgan fingerprint density at radius 3 is 2.62 bits per heavy atom. The second-order valence-electron chi connectivity index (χ2n) is 1.81. The Kier molecular flexibility index (Phi) is 8.42. The average Bonchev–Trinajstić information content (AvgIpc) is 2.20. The van der Waals surface area contributed by atoms with Gasteiger partial charge in [0.2, 0.25) is 0 Å². The molecule has 0 amide bonds. The third-order valence-electron chi connectivity index (χ3n) is 0.968. The van der Waals surface area contributed by atoms with Crippen molar-refractivity contribution >= 4 is 31.1 Å². The normalized spacial score (nSPS) is 13.7. The van der Waals surface area contributed by atoms with Crippen LogP contribution in [0.4, 0.5) is 4.32 Å². The molecule has 1 rings (SSSR count). The summed E-state index contributed by atoms with van der Waals surface area (Å²) in [6, 6.07) is 0. The Morgan fingerprint density at radius 1 is 1.77 bits per heavy atom. The molecule has 1 heterocycles. The Labute approximate surface area is 86.1 Å². The number of halogens is 1. The van der Waals surface area contributed by atoms with Crippen molar-refractivity contribution in [3.63, 3.8) is 0 Å². The molecule has 0 saturated carbocycles. The molecular weight excluding hydrogens is 212 g/mol. The van der Waals surface area contributed by atoms with Crippen LogP contribution in [0.15, 0.2) is 22.6 Å². The molecule has 0 aromatic heterocycles. The molecule has 0 fully saturated rings. The maximum Gasteiger partial charge on any atom is 0.677 e. The molecule has 1 aliphatic rings. The first-order chi connectivity index (χ1) is 6.20. The molecule has 0 aromatic rings. The minimum atomic E-state index is -2.12. The topological polar surface area (TPSA) is 41.5 Å². The summed E-state index contributed by atoms with van der Waals surface area (Å²) < 4.78 is 17.5. The molecule has 7 heteroatoms. The molecule has 1 aliphatic heterocycles. The summed E-state index contributed by atoms with van der Waals surface area (Å²) in [6.45, 7) is 0. The van der Waals surface area contributed by atoms with Crippen LogP contribution in [0.1, 0.15) is 0 Å². The molecule has 0 aromatic carbocycles. The first-order valence-electron chi connectivity index (χ1n) is 3.38. The van der Waals surface area contributed by atoms with Crippen LogP contribution in [0.5, 0.6) is 0 Å². The molecule has 13 heavy (non-hydrogen) atoms. The van der Waals surface area contributed by atoms with Crippen LogP contribution in [-0.4, -0.2) is 25.8 Å². The van der Waals surface area contributed by atoms with Crippen LogP contribution < -0.4 is 4.72 Å². The van der Waals surface area contributed by atoms with E-state index in [-0.39, 0.29) is 0 Å². The summed E-state index contributed by atoms with van der Waals surface area (Å²) in [5.41, 5.74) is 0. The maximum absolute atomic E-state index is 10.8. The predicted molar refractivity (Wildman–Crippen MR) is 57.6 cm³/mol. The van der Waals surface area contributed by atoms with Crippen molar-refractivity contribution in [2.75, 3.05) is 13.4 Å². The van der Waals surface area contributed by atoms with E-state index in [1.165, 1.54) is 5.03 Å². The van der Waals surface area contributed by atoms with E-state index >= 15 is 0 Å². The largest absolute Gasteiger partial charge is 0.677 e. The molecule has 2 N–H and O–H groups in total. The summed E-state index contributed by atoms with van der Waals surface area (Å²) in [4.78, 5) is 0. The summed E-state index contributed by atoms with van der Waals surface area (Å²) in [7, 11) is -1.04. The molecule has 3 nitrogen and oxygen atoms in total. The average molecular weight is 223 g/mol. The highest BCUT2D eigenvalue weighted by atomic mass is 32.2. The van der Waals surface area contributed by atoms with Gasteiger partial charge in [0, 0.05) is 7.11 Å². The van der Waals surface area contributed by atoms with Crippen molar-refractivity contribution in [2.24, 2.45) is 0 Å². The van der Waals surface area contributed by atoms with E-state index in [9.17, 15) is 4.32 Å². The van der Waals surface area contributed by atoms with E-state index in [0.717, 1.165) is 7.11 Å². The fourth-order valence-corrected chi connectivity index (χ4v) is 1.50. The van der Waals surface area contributed by atoms with Gasteiger partial charge in [-0.05, 0) is 29.7 Å². The Hall–Kier alpha value is -0.105. The predicted octanol–water partition coefficient (Wildman–Crippen LogP) is 1.54. The Morgan fingerprint density at radius 2 is 2.38 bits per heavy atom. The van der Waals surface area contributed by atoms with Crippen molar-refractivity contribution in [1.82, 2.24) is 4.72 Å². The molecule has 0 spiro atoms. The number of hydrogen-bond acceptors (Lipinski definition) is 5. The fourth-order valence-electron chi connectivity index (χ4n) is 0.402. The lowest BCUT2D eigenvalue weighted by Crippen LogP contribution is -2.05. The van der Waals surface area contributed by atoms with Crippen molar-refractivity contribution in [3.8, 4) is 0 Å². The van der Waals surface area contributed by atoms with Crippen molar-refractivity contribution in [2.45, 2.75) is 0 Å². The zero-order valence-electron chi connectivity index (χ0n) is 7.36. The zero-order chi connectivity index (χ0) is 10.1. The molecule has 0 radical (unpaired) electrons. The van der Waals surface area contributed by atoms with Gasteiger partial charge < -0.3 is 14.4 Å². The van der Waals surface area contributed by atoms with E-state index in [4.69, 9.17) is 5.02 Å². The van der Waals surface area contributed by atoms with Crippen LogP contribution in [0, 0.1) is 0 Å². The quantitative estimate of drug-likeness (QED) is 0.549. The van der Waals surface area contributed by atoms with Gasteiger partial charge in [0.05, 0.1) is 5.03 Å². The van der Waals surface area contributed by atoms with E-state index in [1.54, 1.807) is 23.7 Å². The minimum absolute atomic E-state index is 1.07. The molecule has 0 bridgehead atoms. The molecule has 0 unspecified atom stereocenters. The second kappa shape index (κ2) is 8.49. The highest BCUT2D eigenvalue weighted by Gasteiger charge is 2.04. The van der Waals surface area contributed by atoms with Crippen LogP contribution in [0.25, 0.3) is 0 Å². The van der Waals surface area contributed by atoms with Gasteiger partial charge in [0.1, 0.15) is 0 Å². The number of thioether (sulfide) groups is 1. The van der Waals surface area contributed by atoms with E-state index < -0.39 is 7.40 Å². The third-order valence-corrected chi connectivity index (χ3v) is 2.41. The third kappa shape index (κ3) is 8.23. The van der Waals surface area contributed by atoms with Crippen LogP contribution in [0.3, 0.4) is 0 Å². The van der Waals surface area contributed by atoms with Gasteiger partial charge in [-0.25, -0.2) is 0 Å². The second-order valence-corrected chi connectivity index (χ2v) is 3.37. The standard InChI is InChI=1S/C5H7NS2.CH4BFO2/c1-7-5-3-2-4-8-6-5;1-5-2(3)4/h2-4,6H,1H3;4H,1H3. The maximum atomic E-state index is 10.8. The number of hydrogen-bond donors (Lipinski definition) is 2. The van der Waals surface area contributed by atoms with Crippen LogP contribution in [-0.2, 0) is 4.65 Å². The van der Waals surface area contributed by atoms with Crippen molar-refractivity contribution in [3.05, 3.63) is 22.6 Å². The van der Waals surface area contributed by atoms with Crippen LogP contribution in [0.2, 0.25) is 0 Å². The Balaban J connectivity index is 0.000000252. The van der Waals surface area contributed by atoms with E-state index in [2.05, 4.69) is 21.7 Å². The summed E-state index contributed by atoms with van der Waals surface area (Å²) >= 11 is 3.33. The lowest BCUT2D eigenvalue weighted by atomic mass is 10.3. The highest BCUT2D eigenvalue weighted by molar-refractivity contribution is 8.05. The molecule has 0 aliphatic carbocycles. The number of nitrogens with one attached hydrogen (secondary N) is 1. The van der Waals surface area contributed by atoms with Crippen molar-refractivity contribution in [1.29, 1.82) is 0 Å². The van der Waals surface area contributed by atoms with Gasteiger partial charge in [0.25, 0.3) is 0 Å². The summed E-state index contributed by atoms with van der Waals surface area (Å²) in [5.74, 6) is 0. The van der Waals surface area contributed by atoms with Gasteiger partial charge in [0.15, 0.2) is 0 Å². The molecule has 0 saturated heterocycles. The first kappa shape index (κ1) is 12.9. The minimum Gasteiger partial charge on any atom is -0.398 e. The van der Waals surface area contributed by atoms with Gasteiger partial charge in [-0.1, -0.05) is 6.08 Å². The lowest BCUT2D eigenvalue weighted by molar-refractivity contribution is 0.276. The van der Waals surface area contributed by atoms with Gasteiger partial charge in [-0.3, -0.25) is 4.32 Å². The van der Waals surface area contributed by atoms with Gasteiger partial charge in [-0.2, -0.15) is 0 Å². The van der Waals surface area contributed by atoms with E-state index in [1.807, 2.05) is 11.5 Å². The van der Waals surface area contributed by atoms with E-state index in [0.29, 0.717) is 0 Å². The number of allylic oxidation sites excluding steroid dienone is 2. The van der Waals surface area contributed by atoms with Crippen LogP contribution >= 0.6 is 23.7 Å². The zero-order valence-corrected chi connectivity index (χ0v) is 8.99. The SMILES string of the molecule is COB(O)F.CSC1=CC=CSN1. The summed E-state index contributed by atoms with van der Waals surface area (Å²) in [5, 5.41) is 10.7. The number of rotatable bonds is 2. The van der Waals surface area contributed by atoms with Gasteiger partial charge >= 0.3 is 7.40 Å². The molecular formula is C6H11BFNO2S2. The highest BCUT2D eigenvalue weighted by Crippen LogP contribution is 2.16. The monoisotopic (exact) mass is 223 g/mol. The Bertz CT molecular complexity index is 189. The smallest absolute Gasteiger partial charge is 0.398 e. The first-order valence-corrected chi connectivity index (χ1v) is 5.48. The van der Waals surface area contributed by atoms with Crippen molar-refractivity contribution < 1.29 is 14.0 Å². The lowest BCUT2D eigenvalue weighted by Gasteiger charge is -2.05.